The minimum atomic E-state index is -0.360. The van der Waals surface area contributed by atoms with Gasteiger partial charge in [-0.1, -0.05) is 26.2 Å². The highest BCUT2D eigenvalue weighted by Crippen LogP contribution is 2.27. The van der Waals surface area contributed by atoms with Crippen molar-refractivity contribution in [2.45, 2.75) is 45.1 Å². The van der Waals surface area contributed by atoms with Crippen LogP contribution in [0.5, 0.6) is 5.75 Å². The SMILES string of the molecule is CCCCCCOc1ccc(N2C(=O)C[C@H](N3CCOCC3)C2=O)cc1. The molecule has 2 fully saturated rings. The molecular weight excluding hydrogens is 332 g/mol. The van der Waals surface area contributed by atoms with Crippen LogP contribution in [0.25, 0.3) is 0 Å². The molecule has 1 aromatic carbocycles. The molecule has 1 aromatic rings. The summed E-state index contributed by atoms with van der Waals surface area (Å²) >= 11 is 0. The first-order valence-corrected chi connectivity index (χ1v) is 9.62. The largest absolute Gasteiger partial charge is 0.494 e. The summed E-state index contributed by atoms with van der Waals surface area (Å²) in [6.07, 6.45) is 4.90. The molecule has 0 N–H and O–H groups in total. The van der Waals surface area contributed by atoms with Crippen LogP contribution in [0.3, 0.4) is 0 Å². The van der Waals surface area contributed by atoms with E-state index in [1.165, 1.54) is 24.2 Å². The smallest absolute Gasteiger partial charge is 0.251 e. The van der Waals surface area contributed by atoms with E-state index in [9.17, 15) is 9.59 Å². The van der Waals surface area contributed by atoms with E-state index in [-0.39, 0.29) is 24.3 Å². The van der Waals surface area contributed by atoms with Crippen molar-refractivity contribution in [1.29, 1.82) is 0 Å². The van der Waals surface area contributed by atoms with E-state index in [1.54, 1.807) is 12.1 Å². The summed E-state index contributed by atoms with van der Waals surface area (Å²) in [6.45, 7) is 5.50. The second-order valence-electron chi connectivity index (χ2n) is 6.84. The fourth-order valence-corrected chi connectivity index (χ4v) is 3.47. The number of nitrogens with zero attached hydrogens (tertiary/aromatic N) is 2. The van der Waals surface area contributed by atoms with Gasteiger partial charge in [0.2, 0.25) is 5.91 Å². The first-order valence-electron chi connectivity index (χ1n) is 9.62. The predicted octanol–water partition coefficient (Wildman–Crippen LogP) is 2.61. The molecule has 2 aliphatic heterocycles. The summed E-state index contributed by atoms with van der Waals surface area (Å²) in [4.78, 5) is 28.5. The lowest BCUT2D eigenvalue weighted by Crippen LogP contribution is -2.47. The Bertz CT molecular complexity index is 611. The van der Waals surface area contributed by atoms with Gasteiger partial charge < -0.3 is 9.47 Å². The van der Waals surface area contributed by atoms with Crippen molar-refractivity contribution in [1.82, 2.24) is 4.90 Å². The molecule has 2 aliphatic rings. The summed E-state index contributed by atoms with van der Waals surface area (Å²) in [5, 5.41) is 0. The Labute approximate surface area is 155 Å². The lowest BCUT2D eigenvalue weighted by Gasteiger charge is -2.30. The number of ether oxygens (including phenoxy) is 2. The zero-order valence-electron chi connectivity index (χ0n) is 15.5. The van der Waals surface area contributed by atoms with Crippen molar-refractivity contribution in [2.75, 3.05) is 37.8 Å². The highest BCUT2D eigenvalue weighted by molar-refractivity contribution is 6.22. The van der Waals surface area contributed by atoms with Gasteiger partial charge in [0.05, 0.1) is 38.0 Å². The molecule has 0 aromatic heterocycles. The zero-order valence-corrected chi connectivity index (χ0v) is 15.5. The van der Waals surface area contributed by atoms with E-state index in [0.717, 1.165) is 12.2 Å². The lowest BCUT2D eigenvalue weighted by molar-refractivity contribution is -0.123. The Morgan fingerprint density at radius 2 is 1.81 bits per heavy atom. The molecule has 0 saturated carbocycles. The highest BCUT2D eigenvalue weighted by atomic mass is 16.5. The minimum absolute atomic E-state index is 0.134. The van der Waals surface area contributed by atoms with Crippen LogP contribution in [0, 0.1) is 0 Å². The lowest BCUT2D eigenvalue weighted by atomic mass is 10.2. The number of hydrogen-bond donors (Lipinski definition) is 0. The number of anilines is 1. The maximum Gasteiger partial charge on any atom is 0.251 e. The van der Waals surface area contributed by atoms with Gasteiger partial charge in [-0.2, -0.15) is 0 Å². The zero-order chi connectivity index (χ0) is 18.4. The summed E-state index contributed by atoms with van der Waals surface area (Å²) < 4.78 is 11.1. The highest BCUT2D eigenvalue weighted by Gasteiger charge is 2.42. The van der Waals surface area contributed by atoms with Crippen molar-refractivity contribution < 1.29 is 19.1 Å². The Balaban J connectivity index is 1.58. The summed E-state index contributed by atoms with van der Waals surface area (Å²) in [5.41, 5.74) is 0.620. The maximum absolute atomic E-state index is 12.8. The van der Waals surface area contributed by atoms with Crippen LogP contribution in [0.1, 0.15) is 39.0 Å². The average molecular weight is 360 g/mol. The first-order chi connectivity index (χ1) is 12.7. The Morgan fingerprint density at radius 1 is 1.08 bits per heavy atom. The second kappa shape index (κ2) is 9.14. The predicted molar refractivity (Wildman–Crippen MR) is 99.4 cm³/mol. The summed E-state index contributed by atoms with van der Waals surface area (Å²) in [7, 11) is 0. The van der Waals surface area contributed by atoms with Crippen molar-refractivity contribution in [3.8, 4) is 5.75 Å². The molecule has 1 atom stereocenters. The quantitative estimate of drug-likeness (QED) is 0.527. The van der Waals surface area contributed by atoms with Crippen molar-refractivity contribution in [3.63, 3.8) is 0 Å². The normalized spacial score (nSPS) is 21.4. The van der Waals surface area contributed by atoms with Gasteiger partial charge in [-0.05, 0) is 30.7 Å². The van der Waals surface area contributed by atoms with Crippen LogP contribution >= 0.6 is 0 Å². The van der Waals surface area contributed by atoms with E-state index >= 15 is 0 Å². The molecule has 6 nitrogen and oxygen atoms in total. The van der Waals surface area contributed by atoms with Crippen LogP contribution in [-0.2, 0) is 14.3 Å². The van der Waals surface area contributed by atoms with Crippen LogP contribution in [0.2, 0.25) is 0 Å². The van der Waals surface area contributed by atoms with E-state index in [2.05, 4.69) is 11.8 Å². The van der Waals surface area contributed by atoms with Gasteiger partial charge in [-0.25, -0.2) is 4.90 Å². The molecule has 2 amide bonds. The van der Waals surface area contributed by atoms with Crippen molar-refractivity contribution in [2.24, 2.45) is 0 Å². The maximum atomic E-state index is 12.8. The number of morpholine rings is 1. The third-order valence-electron chi connectivity index (χ3n) is 4.97. The van der Waals surface area contributed by atoms with E-state index < -0.39 is 0 Å². The summed E-state index contributed by atoms with van der Waals surface area (Å²) in [6, 6.07) is 6.88. The molecule has 0 aliphatic carbocycles. The van der Waals surface area contributed by atoms with Gasteiger partial charge in [-0.3, -0.25) is 14.5 Å². The number of benzene rings is 1. The number of unbranched alkanes of at least 4 members (excludes halogenated alkanes) is 3. The van der Waals surface area contributed by atoms with Crippen molar-refractivity contribution in [3.05, 3.63) is 24.3 Å². The van der Waals surface area contributed by atoms with Crippen molar-refractivity contribution >= 4 is 17.5 Å². The number of carbonyl (C=O) groups is 2. The van der Waals surface area contributed by atoms with Gasteiger partial charge in [0.1, 0.15) is 5.75 Å². The molecule has 142 valence electrons. The van der Waals surface area contributed by atoms with Gasteiger partial charge in [0.25, 0.3) is 5.91 Å². The fourth-order valence-electron chi connectivity index (χ4n) is 3.47. The Morgan fingerprint density at radius 3 is 2.50 bits per heavy atom. The summed E-state index contributed by atoms with van der Waals surface area (Å²) in [5.74, 6) is 0.499. The molecule has 0 spiro atoms. The van der Waals surface area contributed by atoms with E-state index in [1.807, 2.05) is 12.1 Å². The number of hydrogen-bond acceptors (Lipinski definition) is 5. The van der Waals surface area contributed by atoms with Gasteiger partial charge in [0, 0.05) is 13.1 Å². The molecule has 26 heavy (non-hydrogen) atoms. The van der Waals surface area contributed by atoms with Gasteiger partial charge >= 0.3 is 0 Å². The van der Waals surface area contributed by atoms with Crippen LogP contribution < -0.4 is 9.64 Å². The molecule has 2 saturated heterocycles. The van der Waals surface area contributed by atoms with Gasteiger partial charge in [0.15, 0.2) is 0 Å². The number of amides is 2. The third-order valence-corrected chi connectivity index (χ3v) is 4.97. The number of carbonyl (C=O) groups excluding carboxylic acids is 2. The monoisotopic (exact) mass is 360 g/mol. The van der Waals surface area contributed by atoms with E-state index in [4.69, 9.17) is 9.47 Å². The molecule has 2 heterocycles. The standard InChI is InChI=1S/C20H28N2O4/c1-2-3-4-5-12-26-17-8-6-16(7-9-17)22-19(23)15-18(20(22)24)21-10-13-25-14-11-21/h6-9,18H,2-5,10-15H2,1H3/t18-/m0/s1. The third kappa shape index (κ3) is 4.43. The molecule has 6 heteroatoms. The van der Waals surface area contributed by atoms with Crippen LogP contribution in [0.15, 0.2) is 24.3 Å². The second-order valence-corrected chi connectivity index (χ2v) is 6.84. The Kier molecular flexibility index (Phi) is 6.63. The minimum Gasteiger partial charge on any atom is -0.494 e. The number of rotatable bonds is 8. The van der Waals surface area contributed by atoms with E-state index in [0.29, 0.717) is 38.6 Å². The molecule has 0 bridgehead atoms. The Hall–Kier alpha value is -1.92. The average Bonchev–Trinajstić information content (AvgIpc) is 2.97. The molecule has 0 radical (unpaired) electrons. The van der Waals surface area contributed by atoms with Crippen LogP contribution in [0.4, 0.5) is 5.69 Å². The fraction of sp³-hybridized carbons (Fsp3) is 0.600. The molecule has 3 rings (SSSR count). The molecular formula is C20H28N2O4. The topological polar surface area (TPSA) is 59.1 Å². The number of imide groups is 1. The molecule has 0 unspecified atom stereocenters. The first kappa shape index (κ1) is 18.9. The van der Waals surface area contributed by atoms with Crippen LogP contribution in [-0.4, -0.2) is 55.7 Å². The van der Waals surface area contributed by atoms with Gasteiger partial charge in [-0.15, -0.1) is 0 Å².